The fourth-order valence-corrected chi connectivity index (χ4v) is 1.67. The topological polar surface area (TPSA) is 18.5 Å². The number of rotatable bonds is 2. The summed E-state index contributed by atoms with van der Waals surface area (Å²) in [6.07, 6.45) is 1.81. The minimum absolute atomic E-state index is 0.571. The van der Waals surface area contributed by atoms with Crippen LogP contribution < -0.4 is 5.32 Å². The molecule has 1 heterocycles. The molecule has 3 nitrogen and oxygen atoms in total. The lowest BCUT2D eigenvalue weighted by atomic mass is 10.3. The Kier molecular flexibility index (Phi) is 3.98. The lowest BCUT2D eigenvalue weighted by Crippen LogP contribution is -2.41. The molecule has 1 aliphatic heterocycles. The van der Waals surface area contributed by atoms with Gasteiger partial charge >= 0.3 is 0 Å². The number of nitrogens with zero attached hydrogens (tertiary/aromatic N) is 2. The Hall–Kier alpha value is -0.120. The van der Waals surface area contributed by atoms with Crippen LogP contribution in [0.1, 0.15) is 13.3 Å². The van der Waals surface area contributed by atoms with E-state index in [1.165, 1.54) is 26.1 Å². The molecule has 0 aromatic carbocycles. The third kappa shape index (κ3) is 2.73. The van der Waals surface area contributed by atoms with E-state index < -0.39 is 0 Å². The first kappa shape index (κ1) is 9.96. The maximum atomic E-state index is 3.53. The van der Waals surface area contributed by atoms with Gasteiger partial charge in [-0.25, -0.2) is 0 Å². The molecule has 1 N–H and O–H groups in total. The summed E-state index contributed by atoms with van der Waals surface area (Å²) in [5.41, 5.74) is 0. The molecular formula is C9H21N3. The van der Waals surface area contributed by atoms with Gasteiger partial charge in [0.05, 0.1) is 6.17 Å². The molecule has 0 saturated carbocycles. The molecule has 3 heteroatoms. The lowest BCUT2D eigenvalue weighted by molar-refractivity contribution is 0.235. The zero-order chi connectivity index (χ0) is 8.97. The molecule has 0 amide bonds. The van der Waals surface area contributed by atoms with Crippen LogP contribution in [0.4, 0.5) is 0 Å². The van der Waals surface area contributed by atoms with Crippen molar-refractivity contribution in [2.75, 3.05) is 40.3 Å². The first-order valence-electron chi connectivity index (χ1n) is 4.86. The molecule has 1 aliphatic rings. The normalized spacial score (nSPS) is 27.5. The van der Waals surface area contributed by atoms with E-state index in [0.717, 1.165) is 6.54 Å². The zero-order valence-corrected chi connectivity index (χ0v) is 8.51. The van der Waals surface area contributed by atoms with E-state index in [2.05, 4.69) is 36.1 Å². The maximum Gasteiger partial charge on any atom is 0.0604 e. The van der Waals surface area contributed by atoms with Gasteiger partial charge in [-0.3, -0.25) is 4.90 Å². The predicted octanol–water partition coefficient (Wildman–Crippen LogP) is 0.189. The average Bonchev–Trinajstić information content (AvgIpc) is 2.28. The van der Waals surface area contributed by atoms with Gasteiger partial charge in [-0.1, -0.05) is 6.92 Å². The highest BCUT2D eigenvalue weighted by molar-refractivity contribution is 4.72. The van der Waals surface area contributed by atoms with Crippen LogP contribution in [0.2, 0.25) is 0 Å². The molecule has 72 valence electrons. The van der Waals surface area contributed by atoms with Crippen molar-refractivity contribution in [1.29, 1.82) is 0 Å². The van der Waals surface area contributed by atoms with Gasteiger partial charge in [0.15, 0.2) is 0 Å². The predicted molar refractivity (Wildman–Crippen MR) is 52.2 cm³/mol. The number of hydrogen-bond acceptors (Lipinski definition) is 3. The number of hydrogen-bond donors (Lipinski definition) is 1. The van der Waals surface area contributed by atoms with Crippen LogP contribution in [-0.4, -0.2) is 56.2 Å². The van der Waals surface area contributed by atoms with Crippen LogP contribution in [0.15, 0.2) is 0 Å². The van der Waals surface area contributed by atoms with Crippen LogP contribution >= 0.6 is 0 Å². The van der Waals surface area contributed by atoms with E-state index in [4.69, 9.17) is 0 Å². The smallest absolute Gasteiger partial charge is 0.0604 e. The Bertz CT molecular complexity index is 125. The summed E-state index contributed by atoms with van der Waals surface area (Å²) < 4.78 is 0. The Balaban J connectivity index is 2.34. The molecule has 1 fully saturated rings. The highest BCUT2D eigenvalue weighted by Gasteiger charge is 2.15. The van der Waals surface area contributed by atoms with Crippen LogP contribution in [0.25, 0.3) is 0 Å². The summed E-state index contributed by atoms with van der Waals surface area (Å²) in [5, 5.41) is 3.53. The van der Waals surface area contributed by atoms with Crippen molar-refractivity contribution in [2.45, 2.75) is 19.5 Å². The third-order valence-electron chi connectivity index (χ3n) is 2.60. The fraction of sp³-hybridized carbons (Fsp3) is 1.00. The summed E-state index contributed by atoms with van der Waals surface area (Å²) in [7, 11) is 4.28. The van der Waals surface area contributed by atoms with Crippen LogP contribution in [0.3, 0.4) is 0 Å². The van der Waals surface area contributed by atoms with Gasteiger partial charge in [-0.05, 0) is 27.1 Å². The van der Waals surface area contributed by atoms with Gasteiger partial charge < -0.3 is 10.2 Å². The van der Waals surface area contributed by atoms with E-state index in [1.807, 2.05) is 0 Å². The molecule has 0 aromatic rings. The third-order valence-corrected chi connectivity index (χ3v) is 2.60. The van der Waals surface area contributed by atoms with Crippen LogP contribution in [0, 0.1) is 0 Å². The Morgan fingerprint density at radius 3 is 2.75 bits per heavy atom. The second kappa shape index (κ2) is 4.80. The monoisotopic (exact) mass is 171 g/mol. The van der Waals surface area contributed by atoms with Crippen molar-refractivity contribution in [3.8, 4) is 0 Å². The van der Waals surface area contributed by atoms with Crippen molar-refractivity contribution >= 4 is 0 Å². The standard InChI is InChI=1S/C9H21N3/c1-4-12-7-5-9(11(2)3)10-6-8-12/h9-10H,4-8H2,1-3H3. The molecule has 0 radical (unpaired) electrons. The first-order valence-corrected chi connectivity index (χ1v) is 4.86. The van der Waals surface area contributed by atoms with Crippen molar-refractivity contribution in [1.82, 2.24) is 15.1 Å². The van der Waals surface area contributed by atoms with Gasteiger partial charge in [0.2, 0.25) is 0 Å². The molecule has 1 atom stereocenters. The largest absolute Gasteiger partial charge is 0.302 e. The minimum Gasteiger partial charge on any atom is -0.302 e. The Morgan fingerprint density at radius 2 is 2.17 bits per heavy atom. The number of likely N-dealkylation sites (N-methyl/N-ethyl adjacent to an activating group) is 1. The second-order valence-corrected chi connectivity index (χ2v) is 3.66. The SMILES string of the molecule is CCN1CCNC(N(C)C)CC1. The van der Waals surface area contributed by atoms with Gasteiger partial charge in [-0.15, -0.1) is 0 Å². The quantitative estimate of drug-likeness (QED) is 0.640. The van der Waals surface area contributed by atoms with Gasteiger partial charge in [0.1, 0.15) is 0 Å². The lowest BCUT2D eigenvalue weighted by Gasteiger charge is -2.23. The summed E-state index contributed by atoms with van der Waals surface area (Å²) in [6.45, 7) is 6.96. The summed E-state index contributed by atoms with van der Waals surface area (Å²) >= 11 is 0. The first-order chi connectivity index (χ1) is 5.74. The van der Waals surface area contributed by atoms with Crippen molar-refractivity contribution in [2.24, 2.45) is 0 Å². The Labute approximate surface area is 75.7 Å². The van der Waals surface area contributed by atoms with Crippen LogP contribution in [-0.2, 0) is 0 Å². The van der Waals surface area contributed by atoms with Crippen molar-refractivity contribution < 1.29 is 0 Å². The second-order valence-electron chi connectivity index (χ2n) is 3.66. The summed E-state index contributed by atoms with van der Waals surface area (Å²) in [4.78, 5) is 4.76. The molecular weight excluding hydrogens is 150 g/mol. The highest BCUT2D eigenvalue weighted by atomic mass is 15.3. The molecule has 12 heavy (non-hydrogen) atoms. The summed E-state index contributed by atoms with van der Waals surface area (Å²) in [5.74, 6) is 0. The van der Waals surface area contributed by atoms with Gasteiger partial charge in [0.25, 0.3) is 0 Å². The van der Waals surface area contributed by atoms with Crippen molar-refractivity contribution in [3.05, 3.63) is 0 Å². The fourth-order valence-electron chi connectivity index (χ4n) is 1.67. The molecule has 1 rings (SSSR count). The molecule has 1 saturated heterocycles. The minimum atomic E-state index is 0.571. The van der Waals surface area contributed by atoms with E-state index >= 15 is 0 Å². The highest BCUT2D eigenvalue weighted by Crippen LogP contribution is 2.02. The van der Waals surface area contributed by atoms with Gasteiger partial charge in [0, 0.05) is 19.6 Å². The van der Waals surface area contributed by atoms with E-state index in [1.54, 1.807) is 0 Å². The van der Waals surface area contributed by atoms with Crippen molar-refractivity contribution in [3.63, 3.8) is 0 Å². The molecule has 0 spiro atoms. The van der Waals surface area contributed by atoms with E-state index in [0.29, 0.717) is 6.17 Å². The van der Waals surface area contributed by atoms with Gasteiger partial charge in [-0.2, -0.15) is 0 Å². The average molecular weight is 171 g/mol. The van der Waals surface area contributed by atoms with E-state index in [9.17, 15) is 0 Å². The molecule has 0 aromatic heterocycles. The van der Waals surface area contributed by atoms with E-state index in [-0.39, 0.29) is 0 Å². The zero-order valence-electron chi connectivity index (χ0n) is 8.51. The molecule has 0 aliphatic carbocycles. The maximum absolute atomic E-state index is 3.53. The summed E-state index contributed by atoms with van der Waals surface area (Å²) in [6, 6.07) is 0. The molecule has 0 bridgehead atoms. The number of nitrogens with one attached hydrogen (secondary N) is 1. The Morgan fingerprint density at radius 1 is 1.42 bits per heavy atom. The molecule has 1 unspecified atom stereocenters. The van der Waals surface area contributed by atoms with Crippen LogP contribution in [0.5, 0.6) is 0 Å².